The van der Waals surface area contributed by atoms with Crippen LogP contribution in [0.5, 0.6) is 0 Å². The van der Waals surface area contributed by atoms with Crippen LogP contribution in [-0.4, -0.2) is 102 Å². The van der Waals surface area contributed by atoms with Crippen LogP contribution in [0.25, 0.3) is 0 Å². The normalized spacial score (nSPS) is 27.2. The van der Waals surface area contributed by atoms with Gasteiger partial charge in [-0.1, -0.05) is 150 Å². The van der Waals surface area contributed by atoms with E-state index >= 15 is 0 Å². The van der Waals surface area contributed by atoms with Crippen LogP contribution in [0.3, 0.4) is 0 Å². The van der Waals surface area contributed by atoms with E-state index in [1.807, 2.05) is 97.1 Å². The lowest BCUT2D eigenvalue weighted by molar-refractivity contribution is -0.0908. The van der Waals surface area contributed by atoms with Crippen molar-refractivity contribution in [3.63, 3.8) is 0 Å². The third-order valence-electron chi connectivity index (χ3n) is 20.9. The Labute approximate surface area is 539 Å². The molecular formula is C68H88Cl4N12O4. The van der Waals surface area contributed by atoms with E-state index in [1.165, 1.54) is 47.6 Å². The third-order valence-corrected chi connectivity index (χ3v) is 21.9. The van der Waals surface area contributed by atoms with Crippen molar-refractivity contribution in [2.45, 2.75) is 181 Å². The smallest absolute Gasteiger partial charge is 0.137 e. The quantitative estimate of drug-likeness (QED) is 0.0714. The van der Waals surface area contributed by atoms with Gasteiger partial charge in [0, 0.05) is 20.1 Å². The second-order valence-corrected chi connectivity index (χ2v) is 29.6. The van der Waals surface area contributed by atoms with E-state index in [2.05, 4.69) is 95.7 Å². The summed E-state index contributed by atoms with van der Waals surface area (Å²) in [6.07, 6.45) is 24.3. The lowest BCUT2D eigenvalue weighted by Gasteiger charge is -2.40. The molecule has 0 saturated heterocycles. The Kier molecular flexibility index (Phi) is 20.9. The van der Waals surface area contributed by atoms with Gasteiger partial charge in [-0.25, -0.2) is 19.9 Å². The van der Waals surface area contributed by atoms with Gasteiger partial charge in [-0.15, -0.1) is 0 Å². The molecule has 4 saturated carbocycles. The van der Waals surface area contributed by atoms with Gasteiger partial charge in [-0.05, 0) is 193 Å². The average molecular weight is 1280 g/mol. The Balaban J connectivity index is 0.000000140. The first-order valence-corrected chi connectivity index (χ1v) is 32.3. The molecule has 472 valence electrons. The number of nitrogens with zero attached hydrogens (tertiary/aromatic N) is 12. The van der Waals surface area contributed by atoms with Gasteiger partial charge in [0.2, 0.25) is 0 Å². The molecule has 0 unspecified atom stereocenters. The summed E-state index contributed by atoms with van der Waals surface area (Å²) >= 11 is 23.8. The largest absolute Gasteiger partial charge is 0.387 e. The molecular weight excluding hydrogens is 1190 g/mol. The van der Waals surface area contributed by atoms with Crippen molar-refractivity contribution in [2.24, 2.45) is 45.3 Å². The predicted octanol–water partition coefficient (Wildman–Crippen LogP) is 13.4. The van der Waals surface area contributed by atoms with E-state index in [0.29, 0.717) is 26.2 Å². The number of benzene rings is 4. The van der Waals surface area contributed by atoms with Crippen LogP contribution >= 0.6 is 46.4 Å². The van der Waals surface area contributed by atoms with Crippen LogP contribution in [-0.2, 0) is 51.9 Å². The fourth-order valence-corrected chi connectivity index (χ4v) is 15.0. The van der Waals surface area contributed by atoms with Gasteiger partial charge in [-0.3, -0.25) is 18.7 Å². The molecule has 88 heavy (non-hydrogen) atoms. The summed E-state index contributed by atoms with van der Waals surface area (Å²) in [5.74, 6) is 0.807. The van der Waals surface area contributed by atoms with Gasteiger partial charge < -0.3 is 20.4 Å². The molecule has 0 bridgehead atoms. The van der Waals surface area contributed by atoms with E-state index < -0.39 is 22.4 Å². The lowest BCUT2D eigenvalue weighted by Crippen LogP contribution is -2.49. The fraction of sp³-hybridized carbons (Fsp3) is 0.529. The second kappa shape index (κ2) is 27.5. The van der Waals surface area contributed by atoms with E-state index in [9.17, 15) is 20.4 Å². The van der Waals surface area contributed by atoms with Crippen LogP contribution in [0.15, 0.2) is 148 Å². The predicted molar refractivity (Wildman–Crippen MR) is 347 cm³/mol. The first-order valence-electron chi connectivity index (χ1n) is 30.8. The zero-order valence-corrected chi connectivity index (χ0v) is 55.2. The van der Waals surface area contributed by atoms with Crippen LogP contribution < -0.4 is 0 Å². The van der Waals surface area contributed by atoms with Crippen molar-refractivity contribution >= 4 is 46.4 Å². The molecule has 4 N–H and O–H groups in total. The van der Waals surface area contributed by atoms with E-state index in [1.54, 1.807) is 44.0 Å². The molecule has 4 aromatic carbocycles. The van der Waals surface area contributed by atoms with Gasteiger partial charge in [0.25, 0.3) is 0 Å². The molecule has 4 heterocycles. The monoisotopic (exact) mass is 1280 g/mol. The summed E-state index contributed by atoms with van der Waals surface area (Å²) in [7, 11) is 0. The van der Waals surface area contributed by atoms with Crippen LogP contribution in [0.1, 0.15) is 129 Å². The number of hydrogen-bond donors (Lipinski definition) is 4. The maximum absolute atomic E-state index is 11.5. The van der Waals surface area contributed by atoms with Gasteiger partial charge >= 0.3 is 0 Å². The maximum Gasteiger partial charge on any atom is 0.137 e. The van der Waals surface area contributed by atoms with Crippen LogP contribution in [0.2, 0.25) is 20.1 Å². The van der Waals surface area contributed by atoms with Gasteiger partial charge in [0.1, 0.15) is 50.6 Å². The molecule has 8 aromatic rings. The van der Waals surface area contributed by atoms with E-state index in [4.69, 9.17) is 46.4 Å². The Hall–Kier alpha value is -5.56. The number of hydrogen-bond acceptors (Lipinski definition) is 12. The summed E-state index contributed by atoms with van der Waals surface area (Å²) in [6.45, 7) is 19.1. The van der Waals surface area contributed by atoms with Crippen molar-refractivity contribution in [3.8, 4) is 0 Å². The molecule has 20 heteroatoms. The Bertz CT molecular complexity index is 2950. The minimum absolute atomic E-state index is 0.143. The SMILES string of the molecule is CC1(C)CC[C@@H](Cc2ccc(Cl)cc2)[C@@]1(O)Cn1cncn1.CC1(C)CC[C@@H](Cc2ccc(Cl)cc2)[C@]1(O)Cn1cncn1.CC1(C)CC[C@H](Cc2ccc(Cl)cc2)[C@@]1(O)Cn1cncn1.CC1(C)CC[C@H](Cc2ccc(Cl)cc2)[C@]1(O)Cn1cncn1. The first kappa shape index (κ1) is 66.8. The number of aliphatic hydroxyl groups is 4. The highest BCUT2D eigenvalue weighted by Crippen LogP contribution is 2.55. The topological polar surface area (TPSA) is 204 Å². The fourth-order valence-electron chi connectivity index (χ4n) is 14.5. The highest BCUT2D eigenvalue weighted by molar-refractivity contribution is 6.31. The molecule has 4 aromatic heterocycles. The minimum Gasteiger partial charge on any atom is -0.387 e. The molecule has 4 aliphatic carbocycles. The summed E-state index contributed by atoms with van der Waals surface area (Å²) < 4.78 is 6.95. The number of halogens is 4. The van der Waals surface area contributed by atoms with Crippen LogP contribution in [0.4, 0.5) is 0 Å². The van der Waals surface area contributed by atoms with Crippen molar-refractivity contribution in [1.82, 2.24) is 59.1 Å². The molecule has 4 aliphatic rings. The van der Waals surface area contributed by atoms with Gasteiger partial charge in [0.15, 0.2) is 0 Å². The van der Waals surface area contributed by atoms with E-state index in [0.717, 1.165) is 97.1 Å². The minimum atomic E-state index is -0.791. The summed E-state index contributed by atoms with van der Waals surface area (Å²) in [5, 5.41) is 65.5. The van der Waals surface area contributed by atoms with Crippen molar-refractivity contribution in [1.29, 1.82) is 0 Å². The molecule has 0 amide bonds. The molecule has 8 atom stereocenters. The zero-order valence-electron chi connectivity index (χ0n) is 52.1. The van der Waals surface area contributed by atoms with Gasteiger partial charge in [-0.2, -0.15) is 20.4 Å². The van der Waals surface area contributed by atoms with Crippen LogP contribution in [0, 0.1) is 45.3 Å². The Morgan fingerprint density at radius 1 is 0.330 bits per heavy atom. The Morgan fingerprint density at radius 3 is 0.670 bits per heavy atom. The highest BCUT2D eigenvalue weighted by Gasteiger charge is 2.57. The zero-order chi connectivity index (χ0) is 63.2. The number of aromatic nitrogens is 12. The summed E-state index contributed by atoms with van der Waals surface area (Å²) in [5.41, 5.74) is 1.11. The van der Waals surface area contributed by atoms with Crippen molar-refractivity contribution in [3.05, 3.63) is 190 Å². The molecule has 16 nitrogen and oxygen atoms in total. The number of rotatable bonds is 16. The highest BCUT2D eigenvalue weighted by atomic mass is 35.5. The average Bonchev–Trinajstić information content (AvgIpc) is 2.26. The molecule has 0 radical (unpaired) electrons. The Morgan fingerprint density at radius 2 is 0.511 bits per heavy atom. The van der Waals surface area contributed by atoms with Gasteiger partial charge in [0.05, 0.1) is 48.6 Å². The third kappa shape index (κ3) is 15.3. The van der Waals surface area contributed by atoms with Crippen molar-refractivity contribution in [2.75, 3.05) is 0 Å². The molecule has 0 spiro atoms. The molecule has 0 aliphatic heterocycles. The maximum atomic E-state index is 11.5. The van der Waals surface area contributed by atoms with Crippen molar-refractivity contribution < 1.29 is 20.4 Å². The molecule has 4 fully saturated rings. The lowest BCUT2D eigenvalue weighted by atomic mass is 9.72. The summed E-state index contributed by atoms with van der Waals surface area (Å²) in [4.78, 5) is 16.0. The first-order chi connectivity index (χ1) is 41.6. The standard InChI is InChI=1S/4C17H22ClN3O/c4*1-16(2)8-7-14(9-13-3-5-15(18)6-4-13)17(16,22)10-21-12-19-11-20-21/h4*3-6,11-12,14,22H,7-10H2,1-2H3/t2*14-,17+;2*14-,17-/m1010/s1. The summed E-state index contributed by atoms with van der Waals surface area (Å²) in [6, 6.07) is 31.6. The second-order valence-electron chi connectivity index (χ2n) is 27.9. The molecule has 12 rings (SSSR count). The van der Waals surface area contributed by atoms with E-state index in [-0.39, 0.29) is 45.3 Å².